The van der Waals surface area contributed by atoms with Crippen molar-refractivity contribution in [3.8, 4) is 0 Å². The minimum atomic E-state index is -0.238. The lowest BCUT2D eigenvalue weighted by Crippen LogP contribution is -2.24. The second kappa shape index (κ2) is 12.8. The molecular formula is C10H19N3OS. The van der Waals surface area contributed by atoms with E-state index >= 15 is 0 Å². The number of thiol groups is 1. The Labute approximate surface area is 96.9 Å². The summed E-state index contributed by atoms with van der Waals surface area (Å²) < 4.78 is 0. The molecule has 1 aromatic heterocycles. The molecule has 86 valence electrons. The SMILES string of the molecule is CC.CNC(=O)Nc1cccnc1.CS. The molecule has 0 bridgehead atoms. The highest BCUT2D eigenvalue weighted by Crippen LogP contribution is 2.00. The Bertz CT molecular complexity index is 242. The highest BCUT2D eigenvalue weighted by Gasteiger charge is 1.95. The number of urea groups is 1. The summed E-state index contributed by atoms with van der Waals surface area (Å²) in [6, 6.07) is 3.28. The van der Waals surface area contributed by atoms with E-state index in [1.54, 1.807) is 37.8 Å². The van der Waals surface area contributed by atoms with Crippen molar-refractivity contribution in [2.24, 2.45) is 0 Å². The number of aromatic nitrogens is 1. The topological polar surface area (TPSA) is 54.0 Å². The number of rotatable bonds is 1. The second-order valence-corrected chi connectivity index (χ2v) is 1.95. The molecule has 2 N–H and O–H groups in total. The van der Waals surface area contributed by atoms with Gasteiger partial charge in [-0.15, -0.1) is 0 Å². The van der Waals surface area contributed by atoms with Gasteiger partial charge in [-0.2, -0.15) is 12.6 Å². The van der Waals surface area contributed by atoms with Crippen LogP contribution >= 0.6 is 12.6 Å². The van der Waals surface area contributed by atoms with Crippen molar-refractivity contribution in [2.75, 3.05) is 18.6 Å². The van der Waals surface area contributed by atoms with Crippen molar-refractivity contribution in [2.45, 2.75) is 13.8 Å². The van der Waals surface area contributed by atoms with Crippen LogP contribution < -0.4 is 10.6 Å². The highest BCUT2D eigenvalue weighted by molar-refractivity contribution is 7.79. The Balaban J connectivity index is 0. The third-order valence-electron chi connectivity index (χ3n) is 1.15. The molecule has 0 aliphatic rings. The Kier molecular flexibility index (Phi) is 13.8. The van der Waals surface area contributed by atoms with Crippen molar-refractivity contribution < 1.29 is 4.79 Å². The number of nitrogens with zero attached hydrogens (tertiary/aromatic N) is 1. The molecule has 1 rings (SSSR count). The fraction of sp³-hybridized carbons (Fsp3) is 0.400. The van der Waals surface area contributed by atoms with E-state index in [0.29, 0.717) is 5.69 Å². The van der Waals surface area contributed by atoms with E-state index in [4.69, 9.17) is 0 Å². The van der Waals surface area contributed by atoms with Crippen molar-refractivity contribution in [1.29, 1.82) is 0 Å². The van der Waals surface area contributed by atoms with Crippen LogP contribution in [0.3, 0.4) is 0 Å². The lowest BCUT2D eigenvalue weighted by Gasteiger charge is -2.01. The van der Waals surface area contributed by atoms with Gasteiger partial charge in [0.05, 0.1) is 11.9 Å². The number of hydrogen-bond donors (Lipinski definition) is 3. The predicted molar refractivity (Wildman–Crippen MR) is 68.6 cm³/mol. The minimum Gasteiger partial charge on any atom is -0.341 e. The zero-order valence-electron chi connectivity index (χ0n) is 9.61. The summed E-state index contributed by atoms with van der Waals surface area (Å²) in [7, 11) is 1.56. The van der Waals surface area contributed by atoms with Crippen LogP contribution in [0.4, 0.5) is 10.5 Å². The van der Waals surface area contributed by atoms with Crippen LogP contribution in [0.2, 0.25) is 0 Å². The lowest BCUT2D eigenvalue weighted by molar-refractivity contribution is 0.254. The van der Waals surface area contributed by atoms with Crippen molar-refractivity contribution in [3.05, 3.63) is 24.5 Å². The van der Waals surface area contributed by atoms with E-state index in [0.717, 1.165) is 0 Å². The summed E-state index contributed by atoms with van der Waals surface area (Å²) in [5.74, 6) is 0. The first-order valence-corrected chi connectivity index (χ1v) is 5.56. The molecule has 0 aliphatic heterocycles. The largest absolute Gasteiger partial charge is 0.341 e. The van der Waals surface area contributed by atoms with Crippen LogP contribution in [0, 0.1) is 0 Å². The van der Waals surface area contributed by atoms with Gasteiger partial charge in [0.1, 0.15) is 0 Å². The predicted octanol–water partition coefficient (Wildman–Crippen LogP) is 2.41. The maximum atomic E-state index is 10.7. The van der Waals surface area contributed by atoms with Gasteiger partial charge in [0.25, 0.3) is 0 Å². The van der Waals surface area contributed by atoms with E-state index in [-0.39, 0.29) is 6.03 Å². The average molecular weight is 229 g/mol. The molecule has 0 fully saturated rings. The van der Waals surface area contributed by atoms with E-state index in [9.17, 15) is 4.79 Å². The van der Waals surface area contributed by atoms with E-state index in [1.165, 1.54) is 0 Å². The third-order valence-corrected chi connectivity index (χ3v) is 1.15. The van der Waals surface area contributed by atoms with Gasteiger partial charge in [-0.1, -0.05) is 13.8 Å². The van der Waals surface area contributed by atoms with Gasteiger partial charge in [-0.3, -0.25) is 4.98 Å². The number of amides is 2. The van der Waals surface area contributed by atoms with Gasteiger partial charge < -0.3 is 10.6 Å². The van der Waals surface area contributed by atoms with Gasteiger partial charge in [0, 0.05) is 13.2 Å². The second-order valence-electron chi connectivity index (χ2n) is 1.95. The standard InChI is InChI=1S/C7H9N3O.C2H6.CH4S/c1-8-7(11)10-6-3-2-4-9-5-6;2*1-2/h2-5H,1H3,(H2,8,10,11);1-2H3;2H,1H3. The monoisotopic (exact) mass is 229 g/mol. The normalized spacial score (nSPS) is 7.27. The van der Waals surface area contributed by atoms with Crippen molar-refractivity contribution in [3.63, 3.8) is 0 Å². The molecule has 5 heteroatoms. The number of carbonyl (C=O) groups excluding carboxylic acids is 1. The summed E-state index contributed by atoms with van der Waals surface area (Å²) in [5.41, 5.74) is 0.687. The first kappa shape index (κ1) is 16.2. The number of hydrogen-bond acceptors (Lipinski definition) is 3. The van der Waals surface area contributed by atoms with Gasteiger partial charge >= 0.3 is 6.03 Å². The van der Waals surface area contributed by atoms with Crippen LogP contribution in [0.25, 0.3) is 0 Å². The number of nitrogens with one attached hydrogen (secondary N) is 2. The first-order valence-electron chi connectivity index (χ1n) is 4.66. The molecule has 2 amide bonds. The molecule has 0 radical (unpaired) electrons. The van der Waals surface area contributed by atoms with Crippen molar-refractivity contribution in [1.82, 2.24) is 10.3 Å². The Morgan fingerprint density at radius 2 is 2.00 bits per heavy atom. The molecule has 1 aromatic rings. The lowest BCUT2D eigenvalue weighted by atomic mass is 10.4. The molecule has 15 heavy (non-hydrogen) atoms. The Hall–Kier alpha value is -1.23. The summed E-state index contributed by atoms with van der Waals surface area (Å²) in [6.45, 7) is 4.00. The first-order chi connectivity index (χ1) is 7.33. The summed E-state index contributed by atoms with van der Waals surface area (Å²) in [5, 5.41) is 5.01. The number of carbonyl (C=O) groups is 1. The van der Waals surface area contributed by atoms with Gasteiger partial charge in [-0.05, 0) is 18.4 Å². The summed E-state index contributed by atoms with van der Waals surface area (Å²) in [4.78, 5) is 14.6. The molecule has 0 aromatic carbocycles. The third kappa shape index (κ3) is 9.08. The zero-order chi connectivity index (χ0) is 12.1. The summed E-state index contributed by atoms with van der Waals surface area (Å²) in [6.07, 6.45) is 4.92. The Morgan fingerprint density at radius 3 is 2.40 bits per heavy atom. The number of anilines is 1. The fourth-order valence-corrected chi connectivity index (χ4v) is 0.630. The molecule has 0 atom stereocenters. The van der Waals surface area contributed by atoms with E-state index in [2.05, 4.69) is 28.2 Å². The van der Waals surface area contributed by atoms with Gasteiger partial charge in [-0.25, -0.2) is 4.79 Å². The van der Waals surface area contributed by atoms with Crippen molar-refractivity contribution >= 4 is 24.3 Å². The van der Waals surface area contributed by atoms with E-state index in [1.807, 2.05) is 13.8 Å². The van der Waals surface area contributed by atoms with Gasteiger partial charge in [0.15, 0.2) is 0 Å². The average Bonchev–Trinajstić information content (AvgIpc) is 2.35. The molecule has 0 saturated carbocycles. The summed E-state index contributed by atoms with van der Waals surface area (Å²) >= 11 is 3.53. The molecule has 1 heterocycles. The van der Waals surface area contributed by atoms with Crippen LogP contribution in [-0.4, -0.2) is 24.3 Å². The molecule has 0 saturated heterocycles. The van der Waals surface area contributed by atoms with Crippen LogP contribution in [0.5, 0.6) is 0 Å². The maximum absolute atomic E-state index is 10.7. The fourth-order valence-electron chi connectivity index (χ4n) is 0.630. The molecule has 0 spiro atoms. The zero-order valence-corrected chi connectivity index (χ0v) is 10.5. The smallest absolute Gasteiger partial charge is 0.319 e. The molecule has 4 nitrogen and oxygen atoms in total. The molecule has 0 unspecified atom stereocenters. The molecular weight excluding hydrogens is 210 g/mol. The van der Waals surface area contributed by atoms with E-state index < -0.39 is 0 Å². The number of pyridine rings is 1. The van der Waals surface area contributed by atoms with Crippen LogP contribution in [0.1, 0.15) is 13.8 Å². The molecule has 0 aliphatic carbocycles. The highest BCUT2D eigenvalue weighted by atomic mass is 32.1. The Morgan fingerprint density at radius 1 is 1.40 bits per heavy atom. The van der Waals surface area contributed by atoms with Crippen LogP contribution in [0.15, 0.2) is 24.5 Å². The minimum absolute atomic E-state index is 0.238. The van der Waals surface area contributed by atoms with Crippen LogP contribution in [-0.2, 0) is 0 Å². The maximum Gasteiger partial charge on any atom is 0.319 e. The quantitative estimate of drug-likeness (QED) is 0.648. The van der Waals surface area contributed by atoms with Gasteiger partial charge in [0.2, 0.25) is 0 Å².